The molecule has 0 unspecified atom stereocenters. The summed E-state index contributed by atoms with van der Waals surface area (Å²) in [4.78, 5) is 37.4. The Balaban J connectivity index is 1.59. The van der Waals surface area contributed by atoms with E-state index in [1.54, 1.807) is 6.07 Å². The first-order valence-corrected chi connectivity index (χ1v) is 8.88. The second kappa shape index (κ2) is 7.70. The van der Waals surface area contributed by atoms with Gasteiger partial charge in [-0.2, -0.15) is 0 Å². The summed E-state index contributed by atoms with van der Waals surface area (Å²) in [6, 6.07) is 12.3. The Morgan fingerprint density at radius 3 is 2.62 bits per heavy atom. The van der Waals surface area contributed by atoms with Crippen molar-refractivity contribution in [3.05, 3.63) is 59.9 Å². The molecular formula is C19H16FNO4S. The van der Waals surface area contributed by atoms with E-state index in [-0.39, 0.29) is 17.9 Å². The van der Waals surface area contributed by atoms with Crippen LogP contribution in [0.2, 0.25) is 0 Å². The lowest BCUT2D eigenvalue weighted by atomic mass is 10.1. The third-order valence-electron chi connectivity index (χ3n) is 3.86. The summed E-state index contributed by atoms with van der Waals surface area (Å²) >= 11 is 1.29. The minimum absolute atomic E-state index is 0.147. The summed E-state index contributed by atoms with van der Waals surface area (Å²) < 4.78 is 18.1. The molecule has 0 aromatic heterocycles. The fraction of sp³-hybridized carbons (Fsp3) is 0.211. The molecule has 1 aliphatic rings. The van der Waals surface area contributed by atoms with Crippen molar-refractivity contribution in [2.75, 3.05) is 5.32 Å². The molecule has 1 amide bonds. The van der Waals surface area contributed by atoms with Crippen LogP contribution in [0.25, 0.3) is 0 Å². The molecule has 1 heterocycles. The lowest BCUT2D eigenvalue weighted by Gasteiger charge is -2.23. The first-order chi connectivity index (χ1) is 12.4. The number of Topliss-reactive ketones (excluding diaryl/α,β-unsaturated/α-hetero) is 1. The second-order valence-corrected chi connectivity index (χ2v) is 7.04. The first-order valence-electron chi connectivity index (χ1n) is 8.00. The average Bonchev–Trinajstić information content (AvgIpc) is 2.62. The van der Waals surface area contributed by atoms with E-state index in [4.69, 9.17) is 4.74 Å². The number of ether oxygens (including phenoxy) is 1. The highest BCUT2D eigenvalue weighted by atomic mass is 32.2. The van der Waals surface area contributed by atoms with E-state index >= 15 is 0 Å². The summed E-state index contributed by atoms with van der Waals surface area (Å²) in [5, 5.41) is 2.13. The van der Waals surface area contributed by atoms with Crippen molar-refractivity contribution < 1.29 is 23.5 Å². The monoisotopic (exact) mass is 373 g/mol. The third-order valence-corrected chi connectivity index (χ3v) is 5.14. The number of anilines is 1. The molecular weight excluding hydrogens is 357 g/mol. The van der Waals surface area contributed by atoms with Gasteiger partial charge in [0.15, 0.2) is 6.10 Å². The van der Waals surface area contributed by atoms with Gasteiger partial charge in [-0.25, -0.2) is 4.39 Å². The van der Waals surface area contributed by atoms with Crippen molar-refractivity contribution in [1.29, 1.82) is 0 Å². The number of halogens is 1. The van der Waals surface area contributed by atoms with Gasteiger partial charge in [-0.05, 0) is 43.3 Å². The van der Waals surface area contributed by atoms with Crippen LogP contribution >= 0.6 is 11.8 Å². The molecule has 0 bridgehead atoms. The maximum atomic E-state index is 12.9. The zero-order chi connectivity index (χ0) is 18.7. The van der Waals surface area contributed by atoms with Crippen molar-refractivity contribution in [3.8, 4) is 0 Å². The molecule has 1 aliphatic heterocycles. The molecule has 5 nitrogen and oxygen atoms in total. The number of thioether (sulfide) groups is 1. The molecule has 134 valence electrons. The largest absolute Gasteiger partial charge is 0.454 e. The van der Waals surface area contributed by atoms with E-state index in [0.29, 0.717) is 5.69 Å². The predicted molar refractivity (Wildman–Crippen MR) is 95.6 cm³/mol. The lowest BCUT2D eigenvalue weighted by molar-refractivity contribution is -0.147. The molecule has 2 aromatic rings. The Morgan fingerprint density at radius 1 is 1.19 bits per heavy atom. The lowest BCUT2D eigenvalue weighted by Crippen LogP contribution is -2.33. The summed E-state index contributed by atoms with van der Waals surface area (Å²) in [6.45, 7) is 1.45. The Bertz CT molecular complexity index is 853. The third kappa shape index (κ3) is 4.11. The number of para-hydroxylation sites is 1. The van der Waals surface area contributed by atoms with Crippen LogP contribution in [0.1, 0.15) is 23.7 Å². The van der Waals surface area contributed by atoms with Gasteiger partial charge in [-0.15, -0.1) is 11.8 Å². The van der Waals surface area contributed by atoms with Crippen molar-refractivity contribution in [3.63, 3.8) is 0 Å². The Kier molecular flexibility index (Phi) is 5.37. The van der Waals surface area contributed by atoms with E-state index < -0.39 is 28.9 Å². The summed E-state index contributed by atoms with van der Waals surface area (Å²) in [5.74, 6) is -1.79. The number of carbonyl (C=O) groups is 3. The van der Waals surface area contributed by atoms with E-state index in [2.05, 4.69) is 5.32 Å². The highest BCUT2D eigenvalue weighted by Gasteiger charge is 2.30. The van der Waals surface area contributed by atoms with Gasteiger partial charge in [0, 0.05) is 10.5 Å². The number of hydrogen-bond acceptors (Lipinski definition) is 5. The van der Waals surface area contributed by atoms with Gasteiger partial charge in [0.25, 0.3) is 0 Å². The molecule has 0 fully saturated rings. The molecule has 7 heteroatoms. The fourth-order valence-corrected chi connectivity index (χ4v) is 3.62. The van der Waals surface area contributed by atoms with E-state index in [9.17, 15) is 18.8 Å². The zero-order valence-corrected chi connectivity index (χ0v) is 14.7. The van der Waals surface area contributed by atoms with Crippen LogP contribution in [0, 0.1) is 5.82 Å². The van der Waals surface area contributed by atoms with Gasteiger partial charge in [0.1, 0.15) is 5.82 Å². The smallest absolute Gasteiger partial charge is 0.308 e. The van der Waals surface area contributed by atoms with Gasteiger partial charge in [-0.1, -0.05) is 12.1 Å². The van der Waals surface area contributed by atoms with Crippen molar-refractivity contribution in [2.24, 2.45) is 0 Å². The number of esters is 1. The summed E-state index contributed by atoms with van der Waals surface area (Å²) in [7, 11) is 0. The number of ketones is 1. The minimum atomic E-state index is -1.02. The number of hydrogen-bond donors (Lipinski definition) is 1. The Morgan fingerprint density at radius 2 is 1.88 bits per heavy atom. The maximum absolute atomic E-state index is 12.9. The minimum Gasteiger partial charge on any atom is -0.454 e. The molecule has 3 rings (SSSR count). The summed E-state index contributed by atoms with van der Waals surface area (Å²) in [6.07, 6.45) is -1.16. The number of nitrogens with one attached hydrogen (secondary N) is 1. The second-order valence-electron chi connectivity index (χ2n) is 5.80. The standard InChI is InChI=1S/C19H16FNO4S/c1-11(18(23)12-6-8-13(20)9-7-12)25-17(22)10-16-19(24)21-14-4-2-3-5-15(14)26-16/h2-9,11,16H,10H2,1H3,(H,21,24)/t11-,16+/m1/s1. The van der Waals surface area contributed by atoms with Gasteiger partial charge in [-0.3, -0.25) is 14.4 Å². The molecule has 0 aliphatic carbocycles. The quantitative estimate of drug-likeness (QED) is 0.642. The van der Waals surface area contributed by atoms with Gasteiger partial charge < -0.3 is 10.1 Å². The van der Waals surface area contributed by atoms with E-state index in [1.807, 2.05) is 18.2 Å². The highest BCUT2D eigenvalue weighted by Crippen LogP contribution is 2.36. The number of benzene rings is 2. The SMILES string of the molecule is C[C@@H](OC(=O)C[C@@H]1Sc2ccccc2NC1=O)C(=O)c1ccc(F)cc1. The molecule has 2 aromatic carbocycles. The normalized spacial score (nSPS) is 17.0. The van der Waals surface area contributed by atoms with Crippen LogP contribution in [0.5, 0.6) is 0 Å². The summed E-state index contributed by atoms with van der Waals surface area (Å²) in [5.41, 5.74) is 0.970. The first kappa shape index (κ1) is 18.1. The molecule has 26 heavy (non-hydrogen) atoms. The number of amides is 1. The van der Waals surface area contributed by atoms with Crippen LogP contribution in [0.15, 0.2) is 53.4 Å². The van der Waals surface area contributed by atoms with E-state index in [1.165, 1.54) is 43.0 Å². The molecule has 0 saturated carbocycles. The number of carbonyl (C=O) groups excluding carboxylic acids is 3. The van der Waals surface area contributed by atoms with Gasteiger partial charge in [0.05, 0.1) is 17.4 Å². The topological polar surface area (TPSA) is 72.5 Å². The zero-order valence-electron chi connectivity index (χ0n) is 13.9. The van der Waals surface area contributed by atoms with Gasteiger partial charge >= 0.3 is 5.97 Å². The average molecular weight is 373 g/mol. The number of rotatable bonds is 5. The molecule has 0 spiro atoms. The molecule has 2 atom stereocenters. The van der Waals surface area contributed by atoms with Crippen molar-refractivity contribution >= 4 is 35.1 Å². The van der Waals surface area contributed by atoms with Crippen LogP contribution in [0.4, 0.5) is 10.1 Å². The molecule has 1 N–H and O–H groups in total. The predicted octanol–water partition coefficient (Wildman–Crippen LogP) is 3.44. The van der Waals surface area contributed by atoms with Crippen molar-refractivity contribution in [1.82, 2.24) is 0 Å². The maximum Gasteiger partial charge on any atom is 0.308 e. The van der Waals surface area contributed by atoms with Crippen LogP contribution in [-0.4, -0.2) is 29.0 Å². The fourth-order valence-electron chi connectivity index (χ4n) is 2.53. The number of fused-ring (bicyclic) bond motifs is 1. The van der Waals surface area contributed by atoms with Crippen LogP contribution in [-0.2, 0) is 14.3 Å². The van der Waals surface area contributed by atoms with Crippen LogP contribution in [0.3, 0.4) is 0 Å². The highest BCUT2D eigenvalue weighted by molar-refractivity contribution is 8.01. The van der Waals surface area contributed by atoms with Crippen LogP contribution < -0.4 is 5.32 Å². The molecule has 0 saturated heterocycles. The van der Waals surface area contributed by atoms with E-state index in [0.717, 1.165) is 4.90 Å². The Hall–Kier alpha value is -2.67. The Labute approximate surface area is 153 Å². The molecule has 0 radical (unpaired) electrons. The van der Waals surface area contributed by atoms with Gasteiger partial charge in [0.2, 0.25) is 11.7 Å². The van der Waals surface area contributed by atoms with Crippen molar-refractivity contribution in [2.45, 2.75) is 29.6 Å².